The number of piperazine rings is 1. The van der Waals surface area contributed by atoms with Crippen molar-refractivity contribution in [1.82, 2.24) is 29.3 Å². The van der Waals surface area contributed by atoms with E-state index in [2.05, 4.69) is 30.8 Å². The third-order valence-electron chi connectivity index (χ3n) is 11.7. The summed E-state index contributed by atoms with van der Waals surface area (Å²) in [6.45, 7) is 3.96. The van der Waals surface area contributed by atoms with Crippen molar-refractivity contribution < 1.29 is 71.6 Å². The number of rotatable bonds is 23. The molecule has 2 fully saturated rings. The molecule has 2 aliphatic heterocycles. The molecule has 0 radical (unpaired) electrons. The van der Waals surface area contributed by atoms with E-state index in [0.29, 0.717) is 30.8 Å². The molecule has 2 amide bonds. The Morgan fingerprint density at radius 1 is 0.859 bits per heavy atom. The minimum absolute atomic E-state index is 0.0703. The molecule has 0 spiro atoms. The Morgan fingerprint density at radius 2 is 1.39 bits per heavy atom. The number of hydrogen-bond acceptors (Lipinski definition) is 14. The molecule has 0 aliphatic carbocycles. The Balaban J connectivity index is 0.000000462. The number of nitrogens with zero attached hydrogens (tertiary/aromatic N) is 6. The number of carboxylic acids is 4. The van der Waals surface area contributed by atoms with Gasteiger partial charge in [0.15, 0.2) is 0 Å². The number of nitrogens with one attached hydrogen (secondary N) is 1. The quantitative estimate of drug-likeness (QED) is 0.0740. The van der Waals surface area contributed by atoms with E-state index in [1.54, 1.807) is 15.9 Å². The molecular weight excluding hydrogens is 992 g/mol. The van der Waals surface area contributed by atoms with Gasteiger partial charge in [0.25, 0.3) is 0 Å². The number of carbonyl (C=O) groups is 6. The highest BCUT2D eigenvalue weighted by Crippen LogP contribution is 2.35. The van der Waals surface area contributed by atoms with Gasteiger partial charge in [0.2, 0.25) is 21.8 Å². The van der Waals surface area contributed by atoms with Crippen LogP contribution in [0.3, 0.4) is 0 Å². The van der Waals surface area contributed by atoms with Gasteiger partial charge < -0.3 is 49.9 Å². The normalized spacial score (nSPS) is 15.5. The third kappa shape index (κ3) is 17.5. The lowest BCUT2D eigenvalue weighted by Crippen LogP contribution is -2.64. The number of para-hydroxylation sites is 1. The first-order valence-corrected chi connectivity index (χ1v) is 25.0. The van der Waals surface area contributed by atoms with Gasteiger partial charge in [0, 0.05) is 74.1 Å². The molecule has 0 unspecified atom stereocenters. The fourth-order valence-corrected chi connectivity index (χ4v) is 10.5. The molecule has 25 heteroatoms. The summed E-state index contributed by atoms with van der Waals surface area (Å²) in [6, 6.07) is 9.78. The van der Waals surface area contributed by atoms with E-state index in [4.69, 9.17) is 58.8 Å². The van der Waals surface area contributed by atoms with E-state index < -0.39 is 71.7 Å². The van der Waals surface area contributed by atoms with Gasteiger partial charge >= 0.3 is 23.9 Å². The van der Waals surface area contributed by atoms with Crippen molar-refractivity contribution in [2.45, 2.75) is 62.6 Å². The Hall–Kier alpha value is -5.24. The lowest BCUT2D eigenvalue weighted by Gasteiger charge is -2.43. The Kier molecular flexibility index (Phi) is 21.3. The number of amides is 2. The standard InChI is InChI=1S/C36H49Cl2N6O6S.C10H16N2O8/c1-24-22-25(2)40-33-26(24)8-6-10-30(33)50-23-27-28(37)11-12-31(32(27)38)51(47,48)41-36(13-20-49-21-14-36)35(46)43-17-15-42(16-18-43)34(45)29(39)9-7-19-44(3,4)5;13-7(14)3-11(4-8(15)16)1-2-12(5-9(17)18)6-10(19)20/h6,8,10-12,22,29,41H,7,9,13-21,23,39H2,1-5H3;1-6H2,(H,13,14)(H,15,16)(H,17,18)(H,19,20)/q+1;/t29-;/m0./s1. The van der Waals surface area contributed by atoms with Crippen molar-refractivity contribution in [1.29, 1.82) is 0 Å². The first-order valence-electron chi connectivity index (χ1n) is 22.8. The highest BCUT2D eigenvalue weighted by molar-refractivity contribution is 7.89. The van der Waals surface area contributed by atoms with Crippen molar-refractivity contribution in [3.05, 3.63) is 63.3 Å². The molecule has 0 bridgehead atoms. The number of fused-ring (bicyclic) bond motifs is 1. The summed E-state index contributed by atoms with van der Waals surface area (Å²) in [5.41, 5.74) is 7.63. The predicted molar refractivity (Wildman–Crippen MR) is 262 cm³/mol. The average molecular weight is 1060 g/mol. The molecule has 3 heterocycles. The summed E-state index contributed by atoms with van der Waals surface area (Å²) in [4.78, 5) is 79.4. The van der Waals surface area contributed by atoms with Crippen LogP contribution in [-0.4, -0.2) is 212 Å². The molecule has 0 saturated carbocycles. The van der Waals surface area contributed by atoms with Crippen LogP contribution in [0.4, 0.5) is 0 Å². The van der Waals surface area contributed by atoms with Crippen LogP contribution in [-0.2, 0) is 50.1 Å². The number of carboxylic acid groups (broad SMARTS) is 4. The molecule has 22 nitrogen and oxygen atoms in total. The zero-order valence-electron chi connectivity index (χ0n) is 40.6. The molecule has 71 heavy (non-hydrogen) atoms. The van der Waals surface area contributed by atoms with Crippen molar-refractivity contribution in [3.8, 4) is 5.75 Å². The van der Waals surface area contributed by atoms with Crippen LogP contribution < -0.4 is 15.2 Å². The lowest BCUT2D eigenvalue weighted by atomic mass is 9.89. The summed E-state index contributed by atoms with van der Waals surface area (Å²) < 4.78 is 43.4. The van der Waals surface area contributed by atoms with Crippen LogP contribution in [0, 0.1) is 13.8 Å². The van der Waals surface area contributed by atoms with Crippen LogP contribution in [0.15, 0.2) is 41.3 Å². The maximum absolute atomic E-state index is 14.2. The summed E-state index contributed by atoms with van der Waals surface area (Å²) >= 11 is 13.3. The van der Waals surface area contributed by atoms with E-state index in [9.17, 15) is 37.2 Å². The first-order chi connectivity index (χ1) is 33.2. The van der Waals surface area contributed by atoms with E-state index in [0.717, 1.165) is 43.9 Å². The maximum atomic E-state index is 14.2. The van der Waals surface area contributed by atoms with E-state index in [1.165, 1.54) is 12.1 Å². The average Bonchev–Trinajstić information content (AvgIpc) is 3.26. The second kappa shape index (κ2) is 25.9. The van der Waals surface area contributed by atoms with Crippen LogP contribution in [0.25, 0.3) is 10.9 Å². The fourth-order valence-electron chi connectivity index (χ4n) is 8.18. The number of carbonyl (C=O) groups excluding carboxylic acids is 2. The molecule has 5 rings (SSSR count). The highest BCUT2D eigenvalue weighted by atomic mass is 35.5. The van der Waals surface area contributed by atoms with Gasteiger partial charge in [0.1, 0.15) is 28.3 Å². The number of aryl methyl sites for hydroxylation is 2. The molecule has 1 aromatic heterocycles. The number of aliphatic carboxylic acids is 4. The predicted octanol–water partition coefficient (Wildman–Crippen LogP) is 1.98. The zero-order chi connectivity index (χ0) is 52.8. The number of sulfonamides is 1. The molecule has 3 aromatic rings. The summed E-state index contributed by atoms with van der Waals surface area (Å²) in [5.74, 6) is -4.90. The van der Waals surface area contributed by atoms with Crippen LogP contribution in [0.1, 0.15) is 42.5 Å². The second-order valence-corrected chi connectivity index (χ2v) is 21.0. The SMILES string of the molecule is Cc1cc(C)c2cccc(OCc3c(Cl)ccc(S(=O)(=O)NC4(C(=O)N5CCN(C(=O)[C@@H](N)CCC[N+](C)(C)C)CC5)CCOCC4)c3Cl)c2n1.O=C(O)CN(CCN(CC(=O)O)CC(=O)O)CC(=O)O. The zero-order valence-corrected chi connectivity index (χ0v) is 42.9. The van der Waals surface area contributed by atoms with Crippen LogP contribution >= 0.6 is 23.2 Å². The molecule has 1 atom stereocenters. The van der Waals surface area contributed by atoms with Crippen molar-refractivity contribution in [2.24, 2.45) is 5.73 Å². The van der Waals surface area contributed by atoms with Gasteiger partial charge in [0.05, 0.1) is 64.9 Å². The van der Waals surface area contributed by atoms with E-state index >= 15 is 0 Å². The number of hydrogen-bond donors (Lipinski definition) is 6. The largest absolute Gasteiger partial charge is 0.487 e. The number of halogens is 2. The molecule has 2 aliphatic rings. The minimum atomic E-state index is -4.35. The van der Waals surface area contributed by atoms with Gasteiger partial charge in [-0.25, -0.2) is 13.4 Å². The molecule has 392 valence electrons. The highest BCUT2D eigenvalue weighted by Gasteiger charge is 2.47. The number of ether oxygens (including phenoxy) is 2. The number of pyridine rings is 1. The van der Waals surface area contributed by atoms with Gasteiger partial charge in [-0.1, -0.05) is 35.3 Å². The Bertz CT molecular complexity index is 2450. The van der Waals surface area contributed by atoms with E-state index in [1.807, 2.05) is 32.0 Å². The van der Waals surface area contributed by atoms with Gasteiger partial charge in [-0.3, -0.25) is 38.6 Å². The fraction of sp³-hybridized carbons (Fsp3) is 0.543. The smallest absolute Gasteiger partial charge is 0.317 e. The summed E-state index contributed by atoms with van der Waals surface area (Å²) in [6.07, 6.45) is 1.68. The summed E-state index contributed by atoms with van der Waals surface area (Å²) in [5, 5.41) is 35.5. The van der Waals surface area contributed by atoms with Crippen molar-refractivity contribution >= 4 is 79.8 Å². The van der Waals surface area contributed by atoms with Crippen LogP contribution in [0.2, 0.25) is 10.0 Å². The Morgan fingerprint density at radius 3 is 1.92 bits per heavy atom. The van der Waals surface area contributed by atoms with Gasteiger partial charge in [-0.05, 0) is 69.4 Å². The molecular formula is C46H65Cl2N8O14S+. The van der Waals surface area contributed by atoms with Crippen molar-refractivity contribution in [3.63, 3.8) is 0 Å². The number of aromatic nitrogens is 1. The number of nitrogens with two attached hydrogens (primary N) is 1. The Labute approximate surface area is 422 Å². The minimum Gasteiger partial charge on any atom is -0.487 e. The van der Waals surface area contributed by atoms with Gasteiger partial charge in [-0.2, -0.15) is 4.72 Å². The number of benzene rings is 2. The number of quaternary nitrogens is 1. The molecule has 2 saturated heterocycles. The van der Waals surface area contributed by atoms with Crippen molar-refractivity contribution in [2.75, 3.05) is 106 Å². The molecule has 7 N–H and O–H groups in total. The second-order valence-electron chi connectivity index (χ2n) is 18.5. The van der Waals surface area contributed by atoms with Gasteiger partial charge in [-0.15, -0.1) is 0 Å². The maximum Gasteiger partial charge on any atom is 0.317 e. The lowest BCUT2D eigenvalue weighted by molar-refractivity contribution is -0.870. The first kappa shape index (κ1) is 58.3. The third-order valence-corrected chi connectivity index (χ3v) is 14.2. The van der Waals surface area contributed by atoms with E-state index in [-0.39, 0.29) is 91.2 Å². The molecule has 2 aromatic carbocycles. The monoisotopic (exact) mass is 1060 g/mol. The topological polar surface area (TPSA) is 300 Å². The van der Waals surface area contributed by atoms with Crippen LogP contribution in [0.5, 0.6) is 5.75 Å². The summed E-state index contributed by atoms with van der Waals surface area (Å²) in [7, 11) is 1.94.